The molecular weight excluding hydrogens is 274 g/mol. The second-order valence-electron chi connectivity index (χ2n) is 4.33. The van der Waals surface area contributed by atoms with E-state index in [2.05, 4.69) is 5.32 Å². The van der Waals surface area contributed by atoms with Gasteiger partial charge in [0, 0.05) is 10.7 Å². The summed E-state index contributed by atoms with van der Waals surface area (Å²) in [6, 6.07) is 16.3. The van der Waals surface area contributed by atoms with Crippen LogP contribution in [0.2, 0.25) is 5.02 Å². The molecule has 1 atom stereocenters. The molecule has 0 saturated heterocycles. The van der Waals surface area contributed by atoms with Gasteiger partial charge in [-0.3, -0.25) is 4.79 Å². The van der Waals surface area contributed by atoms with E-state index in [1.54, 1.807) is 24.3 Å². The Hall–Kier alpha value is -2.00. The first-order valence-electron chi connectivity index (χ1n) is 6.47. The summed E-state index contributed by atoms with van der Waals surface area (Å²) < 4.78 is 5.68. The highest BCUT2D eigenvalue weighted by molar-refractivity contribution is 6.30. The number of hydrogen-bond acceptors (Lipinski definition) is 2. The molecule has 0 aliphatic heterocycles. The maximum absolute atomic E-state index is 12.2. The summed E-state index contributed by atoms with van der Waals surface area (Å²) >= 11 is 5.89. The Morgan fingerprint density at radius 2 is 1.95 bits per heavy atom. The number of amides is 1. The van der Waals surface area contributed by atoms with Crippen molar-refractivity contribution < 1.29 is 9.53 Å². The molecule has 0 saturated carbocycles. The van der Waals surface area contributed by atoms with Crippen LogP contribution in [0.1, 0.15) is 13.3 Å². The van der Waals surface area contributed by atoms with Crippen LogP contribution in [-0.2, 0) is 4.79 Å². The zero-order valence-electron chi connectivity index (χ0n) is 11.2. The van der Waals surface area contributed by atoms with Crippen molar-refractivity contribution in [3.63, 3.8) is 0 Å². The van der Waals surface area contributed by atoms with Gasteiger partial charge >= 0.3 is 0 Å². The molecule has 3 nitrogen and oxygen atoms in total. The fraction of sp³-hybridized carbons (Fsp3) is 0.188. The summed E-state index contributed by atoms with van der Waals surface area (Å²) in [5.74, 6) is 0.499. The van der Waals surface area contributed by atoms with E-state index in [-0.39, 0.29) is 5.91 Å². The average Bonchev–Trinajstić information content (AvgIpc) is 2.45. The molecule has 1 amide bonds. The van der Waals surface area contributed by atoms with Gasteiger partial charge in [0.15, 0.2) is 6.10 Å². The minimum absolute atomic E-state index is 0.182. The Bertz CT molecular complexity index is 572. The summed E-state index contributed by atoms with van der Waals surface area (Å²) in [6.07, 6.45) is 0.0535. The fourth-order valence-electron chi connectivity index (χ4n) is 1.77. The Morgan fingerprint density at radius 3 is 2.60 bits per heavy atom. The van der Waals surface area contributed by atoms with Crippen LogP contribution in [0.5, 0.6) is 5.75 Å². The summed E-state index contributed by atoms with van der Waals surface area (Å²) in [5, 5.41) is 3.39. The van der Waals surface area contributed by atoms with Crippen LogP contribution in [0.4, 0.5) is 5.69 Å². The van der Waals surface area contributed by atoms with Gasteiger partial charge in [-0.25, -0.2) is 0 Å². The molecule has 0 radical (unpaired) electrons. The number of anilines is 1. The largest absolute Gasteiger partial charge is 0.481 e. The SMILES string of the molecule is CCC(Oc1ccccc1)C(=O)Nc1cccc(Cl)c1. The van der Waals surface area contributed by atoms with Crippen LogP contribution in [0, 0.1) is 0 Å². The Balaban J connectivity index is 2.02. The normalized spacial score (nSPS) is 11.7. The third kappa shape index (κ3) is 4.00. The highest BCUT2D eigenvalue weighted by Gasteiger charge is 2.18. The highest BCUT2D eigenvalue weighted by atomic mass is 35.5. The summed E-state index contributed by atoms with van der Waals surface area (Å²) in [7, 11) is 0. The zero-order valence-corrected chi connectivity index (χ0v) is 11.9. The lowest BCUT2D eigenvalue weighted by atomic mass is 10.2. The van der Waals surface area contributed by atoms with Crippen molar-refractivity contribution in [3.05, 3.63) is 59.6 Å². The number of nitrogens with one attached hydrogen (secondary N) is 1. The topological polar surface area (TPSA) is 38.3 Å². The van der Waals surface area contributed by atoms with E-state index in [1.807, 2.05) is 37.3 Å². The molecule has 0 aromatic heterocycles. The number of para-hydroxylation sites is 1. The number of rotatable bonds is 5. The first-order chi connectivity index (χ1) is 9.69. The molecule has 0 aliphatic rings. The predicted octanol–water partition coefficient (Wildman–Crippen LogP) is 4.14. The van der Waals surface area contributed by atoms with E-state index in [1.165, 1.54) is 0 Å². The Labute approximate surface area is 123 Å². The van der Waals surface area contributed by atoms with Crippen molar-refractivity contribution in [1.82, 2.24) is 0 Å². The zero-order chi connectivity index (χ0) is 14.4. The molecule has 0 fully saturated rings. The fourth-order valence-corrected chi connectivity index (χ4v) is 1.96. The molecule has 2 aromatic rings. The summed E-state index contributed by atoms with van der Waals surface area (Å²) in [6.45, 7) is 1.91. The van der Waals surface area contributed by atoms with Gasteiger partial charge in [-0.2, -0.15) is 0 Å². The standard InChI is InChI=1S/C16H16ClNO2/c1-2-15(20-14-9-4-3-5-10-14)16(19)18-13-8-6-7-12(17)11-13/h3-11,15H,2H2,1H3,(H,18,19). The molecule has 20 heavy (non-hydrogen) atoms. The van der Waals surface area contributed by atoms with Crippen LogP contribution in [-0.4, -0.2) is 12.0 Å². The number of carbonyl (C=O) groups is 1. The lowest BCUT2D eigenvalue weighted by molar-refractivity contribution is -0.122. The molecule has 2 rings (SSSR count). The molecule has 0 bridgehead atoms. The van der Waals surface area contributed by atoms with Crippen LogP contribution >= 0.6 is 11.6 Å². The molecule has 4 heteroatoms. The number of halogens is 1. The van der Waals surface area contributed by atoms with Gasteiger partial charge in [-0.05, 0) is 36.8 Å². The number of benzene rings is 2. The van der Waals surface area contributed by atoms with Gasteiger partial charge in [0.05, 0.1) is 0 Å². The smallest absolute Gasteiger partial charge is 0.265 e. The molecule has 0 spiro atoms. The maximum atomic E-state index is 12.2. The van der Waals surface area contributed by atoms with Crippen LogP contribution in [0.15, 0.2) is 54.6 Å². The molecular formula is C16H16ClNO2. The van der Waals surface area contributed by atoms with Crippen molar-refractivity contribution in [2.45, 2.75) is 19.4 Å². The second-order valence-corrected chi connectivity index (χ2v) is 4.76. The lowest BCUT2D eigenvalue weighted by Gasteiger charge is -2.17. The third-order valence-corrected chi connectivity index (χ3v) is 3.01. The predicted molar refractivity (Wildman–Crippen MR) is 81.2 cm³/mol. The van der Waals surface area contributed by atoms with Crippen molar-refractivity contribution >= 4 is 23.2 Å². The lowest BCUT2D eigenvalue weighted by Crippen LogP contribution is -2.32. The number of ether oxygens (including phenoxy) is 1. The first kappa shape index (κ1) is 14.4. The number of hydrogen-bond donors (Lipinski definition) is 1. The van der Waals surface area contributed by atoms with E-state index >= 15 is 0 Å². The molecule has 0 heterocycles. The van der Waals surface area contributed by atoms with Crippen LogP contribution in [0.25, 0.3) is 0 Å². The maximum Gasteiger partial charge on any atom is 0.265 e. The molecule has 1 N–H and O–H groups in total. The summed E-state index contributed by atoms with van der Waals surface area (Å²) in [4.78, 5) is 12.2. The van der Waals surface area contributed by atoms with Gasteiger partial charge in [-0.1, -0.05) is 42.8 Å². The minimum Gasteiger partial charge on any atom is -0.481 e. The van der Waals surface area contributed by atoms with Crippen molar-refractivity contribution in [3.8, 4) is 5.75 Å². The van der Waals surface area contributed by atoms with Crippen molar-refractivity contribution in [1.29, 1.82) is 0 Å². The molecule has 2 aromatic carbocycles. The third-order valence-electron chi connectivity index (χ3n) is 2.78. The molecule has 104 valence electrons. The minimum atomic E-state index is -0.531. The van der Waals surface area contributed by atoms with Gasteiger partial charge < -0.3 is 10.1 Å². The van der Waals surface area contributed by atoms with Crippen molar-refractivity contribution in [2.75, 3.05) is 5.32 Å². The molecule has 0 aliphatic carbocycles. The van der Waals surface area contributed by atoms with Gasteiger partial charge in [-0.15, -0.1) is 0 Å². The highest BCUT2D eigenvalue weighted by Crippen LogP contribution is 2.17. The van der Waals surface area contributed by atoms with Crippen LogP contribution < -0.4 is 10.1 Å². The van der Waals surface area contributed by atoms with Crippen LogP contribution in [0.3, 0.4) is 0 Å². The van der Waals surface area contributed by atoms with E-state index in [9.17, 15) is 4.79 Å². The Morgan fingerprint density at radius 1 is 1.20 bits per heavy atom. The average molecular weight is 290 g/mol. The van der Waals surface area contributed by atoms with E-state index in [0.29, 0.717) is 22.9 Å². The Kier molecular flexibility index (Phi) is 5.02. The van der Waals surface area contributed by atoms with Crippen molar-refractivity contribution in [2.24, 2.45) is 0 Å². The first-order valence-corrected chi connectivity index (χ1v) is 6.85. The van der Waals surface area contributed by atoms with E-state index < -0.39 is 6.10 Å². The van der Waals surface area contributed by atoms with Gasteiger partial charge in [0.2, 0.25) is 0 Å². The monoisotopic (exact) mass is 289 g/mol. The second kappa shape index (κ2) is 6.96. The van der Waals surface area contributed by atoms with Gasteiger partial charge in [0.1, 0.15) is 5.75 Å². The number of carbonyl (C=O) groups excluding carboxylic acids is 1. The quantitative estimate of drug-likeness (QED) is 0.898. The van der Waals surface area contributed by atoms with E-state index in [4.69, 9.17) is 16.3 Å². The van der Waals surface area contributed by atoms with Gasteiger partial charge in [0.25, 0.3) is 5.91 Å². The summed E-state index contributed by atoms with van der Waals surface area (Å²) in [5.41, 5.74) is 0.664. The van der Waals surface area contributed by atoms with E-state index in [0.717, 1.165) is 0 Å². The molecule has 1 unspecified atom stereocenters.